The number of aliphatic hydroxyl groups is 1. The zero-order valence-electron chi connectivity index (χ0n) is 10.9. The average molecular weight is 253 g/mol. The molecule has 0 spiro atoms. The van der Waals surface area contributed by atoms with E-state index in [1.807, 2.05) is 6.92 Å². The molecule has 0 aliphatic rings. The Balaban J connectivity index is 2.57. The summed E-state index contributed by atoms with van der Waals surface area (Å²) in [5.41, 5.74) is 0.554. The molecule has 0 heterocycles. The van der Waals surface area contributed by atoms with Crippen molar-refractivity contribution in [2.75, 3.05) is 13.2 Å². The van der Waals surface area contributed by atoms with Gasteiger partial charge in [-0.15, -0.1) is 0 Å². The molecule has 0 saturated carbocycles. The van der Waals surface area contributed by atoms with E-state index in [4.69, 9.17) is 5.11 Å². The third kappa shape index (κ3) is 3.81. The molecule has 100 valence electrons. The van der Waals surface area contributed by atoms with Crippen LogP contribution in [0.15, 0.2) is 24.3 Å². The molecule has 0 aliphatic heterocycles. The van der Waals surface area contributed by atoms with E-state index >= 15 is 0 Å². The Morgan fingerprint density at radius 3 is 2.67 bits per heavy atom. The van der Waals surface area contributed by atoms with Crippen LogP contribution in [0.4, 0.5) is 4.39 Å². The van der Waals surface area contributed by atoms with Crippen LogP contribution in [0.1, 0.15) is 25.8 Å². The molecule has 18 heavy (non-hydrogen) atoms. The van der Waals surface area contributed by atoms with Gasteiger partial charge in [0.25, 0.3) is 0 Å². The molecule has 1 atom stereocenters. The van der Waals surface area contributed by atoms with Crippen LogP contribution in [0.5, 0.6) is 0 Å². The zero-order valence-corrected chi connectivity index (χ0v) is 10.9. The van der Waals surface area contributed by atoms with E-state index in [1.165, 1.54) is 6.07 Å². The molecule has 1 aromatic rings. The Bertz CT molecular complexity index is 395. The van der Waals surface area contributed by atoms with Gasteiger partial charge >= 0.3 is 0 Å². The number of aryl methyl sites for hydroxylation is 1. The lowest BCUT2D eigenvalue weighted by atomic mass is 10.1. The van der Waals surface area contributed by atoms with Gasteiger partial charge in [-0.2, -0.15) is 0 Å². The third-order valence-corrected chi connectivity index (χ3v) is 3.02. The standard InChI is InChI=1S/C14H20FNO2/c1-3-16(11(2)10-17)14(18)9-8-12-6-4-5-7-13(12)15/h4-7,11,17H,3,8-10H2,1-2H3/t11-/m0/s1. The first-order valence-electron chi connectivity index (χ1n) is 6.23. The Kier molecular flexibility index (Phi) is 5.78. The van der Waals surface area contributed by atoms with Crippen molar-refractivity contribution in [2.45, 2.75) is 32.7 Å². The molecule has 3 nitrogen and oxygen atoms in total. The molecule has 0 aromatic heterocycles. The molecule has 0 saturated heterocycles. The minimum absolute atomic E-state index is 0.0534. The number of hydrogen-bond acceptors (Lipinski definition) is 2. The highest BCUT2D eigenvalue weighted by molar-refractivity contribution is 5.76. The molecule has 1 amide bonds. The first-order chi connectivity index (χ1) is 8.60. The summed E-state index contributed by atoms with van der Waals surface area (Å²) in [6.45, 7) is 4.16. The normalized spacial score (nSPS) is 12.2. The predicted octanol–water partition coefficient (Wildman–Crippen LogP) is 1.99. The van der Waals surface area contributed by atoms with E-state index in [0.29, 0.717) is 18.5 Å². The summed E-state index contributed by atoms with van der Waals surface area (Å²) in [6, 6.07) is 6.29. The lowest BCUT2D eigenvalue weighted by molar-refractivity contribution is -0.133. The lowest BCUT2D eigenvalue weighted by Crippen LogP contribution is -2.40. The van der Waals surface area contributed by atoms with Crippen LogP contribution >= 0.6 is 0 Å². The Morgan fingerprint density at radius 2 is 2.11 bits per heavy atom. The van der Waals surface area contributed by atoms with Crippen molar-refractivity contribution in [3.05, 3.63) is 35.6 Å². The van der Waals surface area contributed by atoms with E-state index in [0.717, 1.165) is 0 Å². The number of rotatable bonds is 6. The number of halogens is 1. The minimum Gasteiger partial charge on any atom is -0.394 e. The Labute approximate surface area is 107 Å². The van der Waals surface area contributed by atoms with Crippen molar-refractivity contribution in [3.63, 3.8) is 0 Å². The van der Waals surface area contributed by atoms with Crippen LogP contribution in [0.2, 0.25) is 0 Å². The quantitative estimate of drug-likeness (QED) is 0.842. The van der Waals surface area contributed by atoms with Crippen LogP contribution in [0.3, 0.4) is 0 Å². The van der Waals surface area contributed by atoms with Gasteiger partial charge in [0.05, 0.1) is 12.6 Å². The van der Waals surface area contributed by atoms with E-state index in [2.05, 4.69) is 0 Å². The van der Waals surface area contributed by atoms with Crippen molar-refractivity contribution < 1.29 is 14.3 Å². The van der Waals surface area contributed by atoms with Crippen LogP contribution in [0.25, 0.3) is 0 Å². The molecule has 0 bridgehead atoms. The predicted molar refractivity (Wildman–Crippen MR) is 68.7 cm³/mol. The summed E-state index contributed by atoms with van der Waals surface area (Å²) in [5, 5.41) is 9.06. The third-order valence-electron chi connectivity index (χ3n) is 3.02. The zero-order chi connectivity index (χ0) is 13.5. The maximum Gasteiger partial charge on any atom is 0.223 e. The second-order valence-electron chi connectivity index (χ2n) is 4.30. The summed E-state index contributed by atoms with van der Waals surface area (Å²) >= 11 is 0. The van der Waals surface area contributed by atoms with Gasteiger partial charge < -0.3 is 10.0 Å². The van der Waals surface area contributed by atoms with Gasteiger partial charge in [-0.1, -0.05) is 18.2 Å². The fraction of sp³-hybridized carbons (Fsp3) is 0.500. The molecule has 0 aliphatic carbocycles. The molecule has 1 aromatic carbocycles. The Hall–Kier alpha value is -1.42. The van der Waals surface area contributed by atoms with Crippen molar-refractivity contribution in [1.82, 2.24) is 4.90 Å². The summed E-state index contributed by atoms with van der Waals surface area (Å²) in [7, 11) is 0. The number of aliphatic hydroxyl groups excluding tert-OH is 1. The van der Waals surface area contributed by atoms with E-state index < -0.39 is 0 Å². The monoisotopic (exact) mass is 253 g/mol. The highest BCUT2D eigenvalue weighted by atomic mass is 19.1. The highest BCUT2D eigenvalue weighted by Gasteiger charge is 2.17. The number of carbonyl (C=O) groups excluding carboxylic acids is 1. The van der Waals surface area contributed by atoms with Crippen LogP contribution in [-0.4, -0.2) is 35.1 Å². The molecular formula is C14H20FNO2. The fourth-order valence-corrected chi connectivity index (χ4v) is 1.92. The Morgan fingerprint density at radius 1 is 1.44 bits per heavy atom. The largest absolute Gasteiger partial charge is 0.394 e. The van der Waals surface area contributed by atoms with Crippen molar-refractivity contribution in [3.8, 4) is 0 Å². The molecule has 0 unspecified atom stereocenters. The average Bonchev–Trinajstić information content (AvgIpc) is 2.38. The van der Waals surface area contributed by atoms with Crippen LogP contribution in [0, 0.1) is 5.82 Å². The van der Waals surface area contributed by atoms with Crippen molar-refractivity contribution in [1.29, 1.82) is 0 Å². The van der Waals surface area contributed by atoms with Gasteiger partial charge in [-0.05, 0) is 31.9 Å². The molecule has 4 heteroatoms. The first-order valence-corrected chi connectivity index (χ1v) is 6.23. The topological polar surface area (TPSA) is 40.5 Å². The highest BCUT2D eigenvalue weighted by Crippen LogP contribution is 2.11. The second kappa shape index (κ2) is 7.11. The SMILES string of the molecule is CCN(C(=O)CCc1ccccc1F)[C@@H](C)CO. The van der Waals surface area contributed by atoms with Gasteiger partial charge in [0.1, 0.15) is 5.82 Å². The number of benzene rings is 1. The fourth-order valence-electron chi connectivity index (χ4n) is 1.92. The van der Waals surface area contributed by atoms with Gasteiger partial charge in [0, 0.05) is 13.0 Å². The summed E-state index contributed by atoms with van der Waals surface area (Å²) in [6.07, 6.45) is 0.652. The lowest BCUT2D eigenvalue weighted by Gasteiger charge is -2.26. The smallest absolute Gasteiger partial charge is 0.223 e. The number of carbonyl (C=O) groups is 1. The maximum absolute atomic E-state index is 13.4. The number of hydrogen-bond donors (Lipinski definition) is 1. The van der Waals surface area contributed by atoms with Gasteiger partial charge in [0.15, 0.2) is 0 Å². The summed E-state index contributed by atoms with van der Waals surface area (Å²) in [4.78, 5) is 13.6. The number of amides is 1. The van der Waals surface area contributed by atoms with Crippen LogP contribution in [-0.2, 0) is 11.2 Å². The van der Waals surface area contributed by atoms with Crippen molar-refractivity contribution >= 4 is 5.91 Å². The molecular weight excluding hydrogens is 233 g/mol. The maximum atomic E-state index is 13.4. The molecule has 0 radical (unpaired) electrons. The van der Waals surface area contributed by atoms with E-state index in [-0.39, 0.29) is 30.8 Å². The van der Waals surface area contributed by atoms with E-state index in [1.54, 1.807) is 30.0 Å². The van der Waals surface area contributed by atoms with Crippen LogP contribution < -0.4 is 0 Å². The molecule has 1 rings (SSSR count). The van der Waals surface area contributed by atoms with Crippen molar-refractivity contribution in [2.24, 2.45) is 0 Å². The molecule has 1 N–H and O–H groups in total. The second-order valence-corrected chi connectivity index (χ2v) is 4.30. The van der Waals surface area contributed by atoms with Gasteiger partial charge in [-0.3, -0.25) is 4.79 Å². The molecule has 0 fully saturated rings. The van der Waals surface area contributed by atoms with E-state index in [9.17, 15) is 9.18 Å². The summed E-state index contributed by atoms with van der Waals surface area (Å²) < 4.78 is 13.4. The van der Waals surface area contributed by atoms with Gasteiger partial charge in [-0.25, -0.2) is 4.39 Å². The number of nitrogens with zero attached hydrogens (tertiary/aromatic N) is 1. The minimum atomic E-state index is -0.274. The summed E-state index contributed by atoms with van der Waals surface area (Å²) in [5.74, 6) is -0.328. The number of likely N-dealkylation sites (N-methyl/N-ethyl adjacent to an activating group) is 1. The first kappa shape index (κ1) is 14.6. The van der Waals surface area contributed by atoms with Gasteiger partial charge in [0.2, 0.25) is 5.91 Å².